The number of amidine groups is 1. The van der Waals surface area contributed by atoms with Gasteiger partial charge in [-0.15, -0.1) is 0 Å². The van der Waals surface area contributed by atoms with E-state index in [-0.39, 0.29) is 5.91 Å². The Hall–Kier alpha value is -3.84. The summed E-state index contributed by atoms with van der Waals surface area (Å²) in [6.07, 6.45) is 5.32. The topological polar surface area (TPSA) is 65.5 Å². The number of nitrogens with zero attached hydrogens (tertiary/aromatic N) is 1. The first-order valence-electron chi connectivity index (χ1n) is 11.7. The lowest BCUT2D eigenvalue weighted by molar-refractivity contribution is -0.118. The molecule has 0 saturated heterocycles. The molecule has 0 unspecified atom stereocenters. The monoisotopic (exact) mass is 526 g/mol. The van der Waals surface area contributed by atoms with E-state index in [4.69, 9.17) is 16.6 Å². The number of allylic oxidation sites excluding steroid dienone is 2. The molecule has 0 fully saturated rings. The van der Waals surface area contributed by atoms with Crippen molar-refractivity contribution in [2.24, 2.45) is 4.99 Å². The van der Waals surface area contributed by atoms with E-state index in [1.54, 1.807) is 23.9 Å². The van der Waals surface area contributed by atoms with E-state index in [0.717, 1.165) is 38.0 Å². The maximum atomic E-state index is 12.5. The number of halogens is 1. The number of nitrogens with one attached hydrogen (secondary N) is 3. The number of aliphatic imine (C=N–C) groups is 1. The third kappa shape index (κ3) is 7.33. The third-order valence-electron chi connectivity index (χ3n) is 5.48. The Morgan fingerprint density at radius 1 is 1.00 bits per heavy atom. The standard InChI is InChI=1S/C30H27ClN4OS/c1-3-26-28(18-13-21(2)30(36)35-33-20-22-9-5-4-6-10-22)37-27-12-8-7-11-25(27)29(34-26)32-19-23-14-16-24(31)17-15-23/h3-18,33H,1-2,19-20H2,(H,32,34)(H,35,36)/b18-13-. The SMILES string of the molecule is C=CC1=C(/C=C\C(=C)C(=O)NNCc2ccccc2)Sc2ccccc2C(=NCc2ccc(Cl)cc2)N1. The van der Waals surface area contributed by atoms with E-state index >= 15 is 0 Å². The molecule has 5 nitrogen and oxygen atoms in total. The van der Waals surface area contributed by atoms with Gasteiger partial charge >= 0.3 is 0 Å². The summed E-state index contributed by atoms with van der Waals surface area (Å²) in [5, 5.41) is 4.13. The van der Waals surface area contributed by atoms with Crippen LogP contribution in [0.5, 0.6) is 0 Å². The van der Waals surface area contributed by atoms with Gasteiger partial charge in [-0.1, -0.05) is 97.2 Å². The van der Waals surface area contributed by atoms with E-state index in [1.165, 1.54) is 0 Å². The molecule has 3 aromatic carbocycles. The quantitative estimate of drug-likeness (QED) is 0.173. The van der Waals surface area contributed by atoms with Crippen LogP contribution < -0.4 is 16.2 Å². The predicted molar refractivity (Wildman–Crippen MR) is 154 cm³/mol. The predicted octanol–water partition coefficient (Wildman–Crippen LogP) is 6.31. The highest BCUT2D eigenvalue weighted by molar-refractivity contribution is 8.03. The highest BCUT2D eigenvalue weighted by Gasteiger charge is 2.18. The summed E-state index contributed by atoms with van der Waals surface area (Å²) in [6, 6.07) is 25.6. The van der Waals surface area contributed by atoms with Crippen LogP contribution in [0.3, 0.4) is 0 Å². The van der Waals surface area contributed by atoms with Crippen LogP contribution in [0.4, 0.5) is 0 Å². The lowest BCUT2D eigenvalue weighted by atomic mass is 10.2. The Kier molecular flexibility index (Phi) is 9.16. The summed E-state index contributed by atoms with van der Waals surface area (Å²) in [6.45, 7) is 8.92. The molecule has 0 aromatic heterocycles. The van der Waals surface area contributed by atoms with Crippen LogP contribution in [-0.2, 0) is 17.9 Å². The van der Waals surface area contributed by atoms with Crippen molar-refractivity contribution in [2.45, 2.75) is 18.0 Å². The number of fused-ring (bicyclic) bond motifs is 1. The average Bonchev–Trinajstić information content (AvgIpc) is 3.08. The smallest absolute Gasteiger partial charge is 0.264 e. The summed E-state index contributed by atoms with van der Waals surface area (Å²) in [5.41, 5.74) is 9.86. The van der Waals surface area contributed by atoms with Crippen LogP contribution >= 0.6 is 23.4 Å². The van der Waals surface area contributed by atoms with Crippen molar-refractivity contribution in [2.75, 3.05) is 0 Å². The number of amides is 1. The second-order valence-corrected chi connectivity index (χ2v) is 9.67. The summed E-state index contributed by atoms with van der Waals surface area (Å²) in [5.74, 6) is 0.447. The first-order chi connectivity index (χ1) is 18.0. The molecule has 186 valence electrons. The molecule has 1 amide bonds. The van der Waals surface area contributed by atoms with Crippen LogP contribution in [0.25, 0.3) is 0 Å². The average molecular weight is 527 g/mol. The van der Waals surface area contributed by atoms with Crippen LogP contribution in [0.2, 0.25) is 5.02 Å². The molecule has 3 aromatic rings. The maximum Gasteiger partial charge on any atom is 0.264 e. The zero-order valence-corrected chi connectivity index (χ0v) is 21.8. The van der Waals surface area contributed by atoms with Crippen molar-refractivity contribution in [1.82, 2.24) is 16.2 Å². The van der Waals surface area contributed by atoms with E-state index in [0.29, 0.717) is 23.7 Å². The van der Waals surface area contributed by atoms with Crippen molar-refractivity contribution in [1.29, 1.82) is 0 Å². The molecule has 0 radical (unpaired) electrons. The number of hydrogen-bond donors (Lipinski definition) is 3. The highest BCUT2D eigenvalue weighted by Crippen LogP contribution is 2.35. The Morgan fingerprint density at radius 2 is 1.73 bits per heavy atom. The molecule has 0 saturated carbocycles. The molecule has 0 atom stereocenters. The van der Waals surface area contributed by atoms with E-state index in [1.807, 2.05) is 84.9 Å². The second-order valence-electron chi connectivity index (χ2n) is 8.15. The number of hydrogen-bond acceptors (Lipinski definition) is 4. The molecule has 1 aliphatic heterocycles. The van der Waals surface area contributed by atoms with Gasteiger partial charge in [-0.2, -0.15) is 0 Å². The molecule has 7 heteroatoms. The minimum atomic E-state index is -0.301. The molecule has 0 spiro atoms. The van der Waals surface area contributed by atoms with Gasteiger partial charge in [0.1, 0.15) is 5.84 Å². The van der Waals surface area contributed by atoms with Gasteiger partial charge in [0.2, 0.25) is 0 Å². The van der Waals surface area contributed by atoms with Crippen molar-refractivity contribution in [3.05, 3.63) is 148 Å². The number of carbonyl (C=O) groups excluding carboxylic acids is 1. The fourth-order valence-corrected chi connectivity index (χ4v) is 4.66. The Morgan fingerprint density at radius 3 is 2.49 bits per heavy atom. The lowest BCUT2D eigenvalue weighted by Gasteiger charge is -2.10. The van der Waals surface area contributed by atoms with Crippen molar-refractivity contribution in [3.8, 4) is 0 Å². The van der Waals surface area contributed by atoms with Crippen LogP contribution in [0.15, 0.2) is 136 Å². The van der Waals surface area contributed by atoms with Crippen molar-refractivity contribution >= 4 is 35.1 Å². The summed E-state index contributed by atoms with van der Waals surface area (Å²) in [4.78, 5) is 19.3. The zero-order valence-electron chi connectivity index (χ0n) is 20.2. The molecule has 0 aliphatic carbocycles. The number of benzene rings is 3. The van der Waals surface area contributed by atoms with Gasteiger partial charge in [0.05, 0.1) is 12.2 Å². The van der Waals surface area contributed by atoms with E-state index in [9.17, 15) is 4.79 Å². The molecular formula is C30H27ClN4OS. The van der Waals surface area contributed by atoms with Crippen molar-refractivity contribution in [3.63, 3.8) is 0 Å². The molecule has 1 heterocycles. The lowest BCUT2D eigenvalue weighted by Crippen LogP contribution is -2.37. The Balaban J connectivity index is 1.48. The van der Waals surface area contributed by atoms with E-state index < -0.39 is 0 Å². The summed E-state index contributed by atoms with van der Waals surface area (Å²) >= 11 is 7.59. The first-order valence-corrected chi connectivity index (χ1v) is 12.9. The molecule has 4 rings (SSSR count). The fraction of sp³-hybridized carbons (Fsp3) is 0.0667. The summed E-state index contributed by atoms with van der Waals surface area (Å²) < 4.78 is 0. The van der Waals surface area contributed by atoms with Gasteiger partial charge in [0.25, 0.3) is 5.91 Å². The normalized spacial score (nSPS) is 14.1. The van der Waals surface area contributed by atoms with E-state index in [2.05, 4.69) is 29.3 Å². The molecule has 3 N–H and O–H groups in total. The molecule has 1 aliphatic rings. The van der Waals surface area contributed by atoms with Gasteiger partial charge in [0, 0.05) is 32.5 Å². The number of thioether (sulfide) groups is 1. The molecular weight excluding hydrogens is 500 g/mol. The number of hydrazine groups is 1. The second kappa shape index (κ2) is 12.9. The van der Waals surface area contributed by atoms with Gasteiger partial charge in [-0.3, -0.25) is 15.2 Å². The minimum Gasteiger partial charge on any atom is -0.339 e. The zero-order chi connectivity index (χ0) is 26.0. The number of rotatable bonds is 9. The van der Waals surface area contributed by atoms with Crippen LogP contribution in [0.1, 0.15) is 16.7 Å². The highest BCUT2D eigenvalue weighted by atomic mass is 35.5. The fourth-order valence-electron chi connectivity index (χ4n) is 3.50. The maximum absolute atomic E-state index is 12.5. The van der Waals surface area contributed by atoms with Crippen molar-refractivity contribution < 1.29 is 4.79 Å². The Bertz CT molecular complexity index is 1380. The van der Waals surface area contributed by atoms with Gasteiger partial charge < -0.3 is 5.32 Å². The first kappa shape index (κ1) is 26.2. The largest absolute Gasteiger partial charge is 0.339 e. The molecule has 0 bridgehead atoms. The van der Waals surface area contributed by atoms with Crippen LogP contribution in [-0.4, -0.2) is 11.7 Å². The number of carbonyl (C=O) groups is 1. The van der Waals surface area contributed by atoms with Crippen LogP contribution in [0, 0.1) is 0 Å². The third-order valence-corrected chi connectivity index (χ3v) is 6.89. The van der Waals surface area contributed by atoms with Gasteiger partial charge in [-0.25, -0.2) is 5.43 Å². The minimum absolute atomic E-state index is 0.301. The van der Waals surface area contributed by atoms with Gasteiger partial charge in [0.15, 0.2) is 0 Å². The molecule has 37 heavy (non-hydrogen) atoms. The van der Waals surface area contributed by atoms with Gasteiger partial charge in [-0.05, 0) is 47.6 Å². The summed E-state index contributed by atoms with van der Waals surface area (Å²) in [7, 11) is 0. The Labute approximate surface area is 226 Å².